The van der Waals surface area contributed by atoms with Crippen molar-refractivity contribution in [3.63, 3.8) is 0 Å². The van der Waals surface area contributed by atoms with Gasteiger partial charge >= 0.3 is 0 Å². The fraction of sp³-hybridized carbons (Fsp3) is 0.591. The summed E-state index contributed by atoms with van der Waals surface area (Å²) in [5.74, 6) is -0.194. The summed E-state index contributed by atoms with van der Waals surface area (Å²) in [5, 5.41) is 20.3. The smallest absolute Gasteiger partial charge is 0.184 e. The molecule has 25 heavy (non-hydrogen) atoms. The molecule has 1 unspecified atom stereocenters. The topological polar surface area (TPSA) is 57.5 Å². The van der Waals surface area contributed by atoms with Gasteiger partial charge in [0, 0.05) is 5.92 Å². The summed E-state index contributed by atoms with van der Waals surface area (Å²) in [5.41, 5.74) is 2.01. The Morgan fingerprint density at radius 2 is 2.08 bits per heavy atom. The van der Waals surface area contributed by atoms with Crippen LogP contribution in [-0.2, 0) is 4.79 Å². The minimum atomic E-state index is -0.958. The second kappa shape index (κ2) is 9.88. The van der Waals surface area contributed by atoms with Crippen LogP contribution in [0.1, 0.15) is 58.8 Å². The van der Waals surface area contributed by atoms with Crippen molar-refractivity contribution in [3.05, 3.63) is 47.6 Å². The van der Waals surface area contributed by atoms with Gasteiger partial charge < -0.3 is 10.2 Å². The second-order valence-electron chi connectivity index (χ2n) is 7.35. The lowest BCUT2D eigenvalue weighted by Crippen LogP contribution is -2.36. The van der Waals surface area contributed by atoms with Crippen molar-refractivity contribution < 1.29 is 15.0 Å². The molecule has 4 atom stereocenters. The maximum Gasteiger partial charge on any atom is 0.184 e. The third kappa shape index (κ3) is 5.79. The summed E-state index contributed by atoms with van der Waals surface area (Å²) in [7, 11) is 0. The normalized spacial score (nSPS) is 27.7. The molecule has 0 heterocycles. The molecular formula is C22H32O3. The molecule has 2 aliphatic carbocycles. The number of aliphatic hydroxyl groups is 2. The van der Waals surface area contributed by atoms with E-state index in [1.807, 2.05) is 31.2 Å². The summed E-state index contributed by atoms with van der Waals surface area (Å²) >= 11 is 0. The third-order valence-electron chi connectivity index (χ3n) is 5.20. The summed E-state index contributed by atoms with van der Waals surface area (Å²) in [6.45, 7) is 4.16. The number of allylic oxidation sites excluding steroid dienone is 5. The molecule has 0 saturated carbocycles. The van der Waals surface area contributed by atoms with E-state index < -0.39 is 12.2 Å². The molecule has 2 rings (SSSR count). The fourth-order valence-corrected chi connectivity index (χ4v) is 3.69. The van der Waals surface area contributed by atoms with Crippen LogP contribution in [0.15, 0.2) is 47.6 Å². The van der Waals surface area contributed by atoms with E-state index in [1.54, 1.807) is 6.08 Å². The van der Waals surface area contributed by atoms with Gasteiger partial charge in [-0.05, 0) is 37.3 Å². The van der Waals surface area contributed by atoms with Crippen molar-refractivity contribution in [2.24, 2.45) is 11.8 Å². The van der Waals surface area contributed by atoms with E-state index >= 15 is 0 Å². The van der Waals surface area contributed by atoms with Gasteiger partial charge in [-0.25, -0.2) is 0 Å². The molecule has 0 radical (unpaired) electrons. The average Bonchev–Trinajstić information content (AvgIpc) is 3.04. The molecule has 0 bridgehead atoms. The predicted octanol–water partition coefficient (Wildman–Crippen LogP) is 4.27. The minimum Gasteiger partial charge on any atom is -0.389 e. The first-order valence-electron chi connectivity index (χ1n) is 9.67. The van der Waals surface area contributed by atoms with Crippen LogP contribution in [0.4, 0.5) is 0 Å². The van der Waals surface area contributed by atoms with Crippen LogP contribution in [0.2, 0.25) is 0 Å². The number of fused-ring (bicyclic) bond motifs is 1. The van der Waals surface area contributed by atoms with Crippen molar-refractivity contribution in [3.8, 4) is 0 Å². The number of hydrogen-bond donors (Lipinski definition) is 2. The lowest BCUT2D eigenvalue weighted by atomic mass is 9.76. The first-order valence-corrected chi connectivity index (χ1v) is 9.67. The number of carbonyl (C=O) groups excluding carboxylic acids is 1. The van der Waals surface area contributed by atoms with E-state index in [-0.39, 0.29) is 17.6 Å². The van der Waals surface area contributed by atoms with Crippen LogP contribution in [0.5, 0.6) is 0 Å². The summed E-state index contributed by atoms with van der Waals surface area (Å²) in [6.07, 6.45) is 17.6. The second-order valence-corrected chi connectivity index (χ2v) is 7.35. The zero-order valence-electron chi connectivity index (χ0n) is 15.5. The number of ketones is 1. The van der Waals surface area contributed by atoms with Gasteiger partial charge in [-0.15, -0.1) is 0 Å². The molecule has 0 aromatic rings. The molecular weight excluding hydrogens is 312 g/mol. The van der Waals surface area contributed by atoms with E-state index in [0.29, 0.717) is 0 Å². The first kappa shape index (κ1) is 19.9. The quantitative estimate of drug-likeness (QED) is 0.485. The van der Waals surface area contributed by atoms with Gasteiger partial charge in [-0.1, -0.05) is 75.0 Å². The molecule has 3 nitrogen and oxygen atoms in total. The largest absolute Gasteiger partial charge is 0.389 e. The Labute approximate surface area is 151 Å². The average molecular weight is 344 g/mol. The molecule has 0 aromatic heterocycles. The maximum atomic E-state index is 11.9. The molecule has 138 valence electrons. The summed E-state index contributed by atoms with van der Waals surface area (Å²) in [4.78, 5) is 11.9. The van der Waals surface area contributed by atoms with Crippen LogP contribution in [0.25, 0.3) is 0 Å². The van der Waals surface area contributed by atoms with Gasteiger partial charge in [0.15, 0.2) is 5.78 Å². The van der Waals surface area contributed by atoms with Gasteiger partial charge in [-0.3, -0.25) is 4.79 Å². The number of carbonyl (C=O) groups is 1. The van der Waals surface area contributed by atoms with E-state index in [9.17, 15) is 15.0 Å². The molecule has 3 heteroatoms. The first-order chi connectivity index (χ1) is 12.0. The van der Waals surface area contributed by atoms with Gasteiger partial charge in [0.25, 0.3) is 0 Å². The Balaban J connectivity index is 1.87. The highest BCUT2D eigenvalue weighted by molar-refractivity contribution is 5.96. The Hall–Kier alpha value is -1.45. The van der Waals surface area contributed by atoms with Crippen molar-refractivity contribution in [1.29, 1.82) is 0 Å². The Kier molecular flexibility index (Phi) is 7.86. The molecule has 0 spiro atoms. The highest BCUT2D eigenvalue weighted by atomic mass is 16.3. The Morgan fingerprint density at radius 1 is 1.32 bits per heavy atom. The number of rotatable bonds is 9. The maximum absolute atomic E-state index is 11.9. The summed E-state index contributed by atoms with van der Waals surface area (Å²) in [6, 6.07) is 0. The van der Waals surface area contributed by atoms with Crippen LogP contribution < -0.4 is 0 Å². The van der Waals surface area contributed by atoms with Crippen molar-refractivity contribution in [1.82, 2.24) is 0 Å². The van der Waals surface area contributed by atoms with E-state index in [1.165, 1.54) is 25.7 Å². The highest BCUT2D eigenvalue weighted by Crippen LogP contribution is 2.38. The number of aliphatic hydroxyl groups excluding tert-OH is 2. The van der Waals surface area contributed by atoms with Gasteiger partial charge in [-0.2, -0.15) is 0 Å². The van der Waals surface area contributed by atoms with Crippen LogP contribution >= 0.6 is 0 Å². The predicted molar refractivity (Wildman–Crippen MR) is 102 cm³/mol. The van der Waals surface area contributed by atoms with E-state index in [0.717, 1.165) is 30.4 Å². The van der Waals surface area contributed by atoms with Gasteiger partial charge in [0.2, 0.25) is 0 Å². The number of unbranched alkanes of at least 4 members (excludes halogenated alkanes) is 4. The van der Waals surface area contributed by atoms with Crippen molar-refractivity contribution in [2.75, 3.05) is 0 Å². The van der Waals surface area contributed by atoms with Crippen LogP contribution in [-0.4, -0.2) is 28.2 Å². The van der Waals surface area contributed by atoms with Gasteiger partial charge in [0.05, 0.1) is 6.10 Å². The lowest BCUT2D eigenvalue weighted by Gasteiger charge is -2.30. The number of hydrogen-bond acceptors (Lipinski definition) is 3. The molecule has 0 saturated heterocycles. The zero-order valence-corrected chi connectivity index (χ0v) is 15.5. The molecule has 0 aliphatic heterocycles. The molecule has 0 amide bonds. The van der Waals surface area contributed by atoms with Crippen LogP contribution in [0, 0.1) is 11.8 Å². The molecule has 2 aliphatic rings. The summed E-state index contributed by atoms with van der Waals surface area (Å²) < 4.78 is 0. The SMILES string of the molecule is CCCCCCC[C@@H](O)/C=C/C(C)=C/C1[C@@H]2CC=CC2=CC(=O)[C@@H]1O. The monoisotopic (exact) mass is 344 g/mol. The molecule has 0 fully saturated rings. The van der Waals surface area contributed by atoms with E-state index in [4.69, 9.17) is 0 Å². The van der Waals surface area contributed by atoms with Gasteiger partial charge in [0.1, 0.15) is 6.10 Å². The van der Waals surface area contributed by atoms with Crippen molar-refractivity contribution >= 4 is 5.78 Å². The third-order valence-corrected chi connectivity index (χ3v) is 5.20. The standard InChI is InChI=1S/C22H32O3/c1-3-4-5-6-7-10-18(23)13-12-16(2)14-20-19-11-8-9-17(19)15-21(24)22(20)25/h8-9,12-15,18-20,22-23,25H,3-7,10-11H2,1-2H3/b13-12+,16-14+/t18-,19-,20?,22-/m1/s1. The Bertz CT molecular complexity index is 568. The molecule has 0 aromatic carbocycles. The Morgan fingerprint density at radius 3 is 2.84 bits per heavy atom. The van der Waals surface area contributed by atoms with Crippen molar-refractivity contribution in [2.45, 2.75) is 71.0 Å². The van der Waals surface area contributed by atoms with Crippen LogP contribution in [0.3, 0.4) is 0 Å². The highest BCUT2D eigenvalue weighted by Gasteiger charge is 2.37. The zero-order chi connectivity index (χ0) is 18.2. The lowest BCUT2D eigenvalue weighted by molar-refractivity contribution is -0.125. The fourth-order valence-electron chi connectivity index (χ4n) is 3.69. The van der Waals surface area contributed by atoms with E-state index in [2.05, 4.69) is 13.0 Å². The molecule has 2 N–H and O–H groups in total. The minimum absolute atomic E-state index is 0.182.